The van der Waals surface area contributed by atoms with Crippen molar-refractivity contribution in [3.05, 3.63) is 29.8 Å². The van der Waals surface area contributed by atoms with Crippen LogP contribution in [0.2, 0.25) is 0 Å². The number of hydrogen-bond donors (Lipinski definition) is 2. The molecule has 0 radical (unpaired) electrons. The Morgan fingerprint density at radius 2 is 2.17 bits per heavy atom. The van der Waals surface area contributed by atoms with Crippen LogP contribution >= 0.6 is 0 Å². The van der Waals surface area contributed by atoms with Gasteiger partial charge in [-0.05, 0) is 31.5 Å². The van der Waals surface area contributed by atoms with E-state index < -0.39 is 10.0 Å². The van der Waals surface area contributed by atoms with E-state index in [1.807, 2.05) is 13.8 Å². The Morgan fingerprint density at radius 3 is 2.78 bits per heavy atom. The first-order valence-corrected chi connectivity index (χ1v) is 7.51. The van der Waals surface area contributed by atoms with Crippen LogP contribution in [0.5, 0.6) is 0 Å². The molecule has 1 aromatic carbocycles. The average Bonchev–Trinajstić information content (AvgIpc) is 2.26. The van der Waals surface area contributed by atoms with Gasteiger partial charge < -0.3 is 10.5 Å². The van der Waals surface area contributed by atoms with Gasteiger partial charge in [0.1, 0.15) is 0 Å². The minimum Gasteiger partial charge on any atom is -0.399 e. The predicted octanol–water partition coefficient (Wildman–Crippen LogP) is 1.11. The van der Waals surface area contributed by atoms with Gasteiger partial charge in [-0.15, -0.1) is 0 Å². The van der Waals surface area contributed by atoms with E-state index in [1.165, 1.54) is 0 Å². The summed E-state index contributed by atoms with van der Waals surface area (Å²) >= 11 is 0. The lowest BCUT2D eigenvalue weighted by Gasteiger charge is -2.13. The number of sulfonamides is 1. The Bertz CT molecular complexity index is 474. The van der Waals surface area contributed by atoms with Crippen LogP contribution in [-0.4, -0.2) is 27.7 Å². The zero-order valence-electron chi connectivity index (χ0n) is 10.7. The third-order valence-corrected chi connectivity index (χ3v) is 3.67. The highest BCUT2D eigenvalue weighted by Crippen LogP contribution is 2.09. The summed E-state index contributed by atoms with van der Waals surface area (Å²) in [6.07, 6.45) is -0.134. The third kappa shape index (κ3) is 5.48. The average molecular weight is 272 g/mol. The van der Waals surface area contributed by atoms with Crippen molar-refractivity contribution in [3.8, 4) is 0 Å². The summed E-state index contributed by atoms with van der Waals surface area (Å²) in [5.41, 5.74) is 6.84. The summed E-state index contributed by atoms with van der Waals surface area (Å²) in [5.74, 6) is -0.0725. The van der Waals surface area contributed by atoms with Crippen molar-refractivity contribution < 1.29 is 13.2 Å². The van der Waals surface area contributed by atoms with Crippen LogP contribution in [0.4, 0.5) is 5.69 Å². The van der Waals surface area contributed by atoms with E-state index in [9.17, 15) is 8.42 Å². The molecule has 0 amide bonds. The fourth-order valence-electron chi connectivity index (χ4n) is 1.54. The highest BCUT2D eigenvalue weighted by atomic mass is 32.2. The van der Waals surface area contributed by atoms with Crippen LogP contribution in [0.3, 0.4) is 0 Å². The Kier molecular flexibility index (Phi) is 5.58. The molecule has 0 bridgehead atoms. The number of hydrogen-bond acceptors (Lipinski definition) is 4. The predicted molar refractivity (Wildman–Crippen MR) is 72.6 cm³/mol. The molecule has 5 nitrogen and oxygen atoms in total. The molecule has 0 aliphatic rings. The maximum Gasteiger partial charge on any atom is 0.215 e. The molecule has 18 heavy (non-hydrogen) atoms. The van der Waals surface area contributed by atoms with E-state index in [2.05, 4.69) is 4.72 Å². The highest BCUT2D eigenvalue weighted by molar-refractivity contribution is 7.88. The molecule has 1 atom stereocenters. The monoisotopic (exact) mass is 272 g/mol. The molecule has 0 aliphatic heterocycles. The highest BCUT2D eigenvalue weighted by Gasteiger charge is 2.13. The van der Waals surface area contributed by atoms with Crippen LogP contribution in [0.1, 0.15) is 19.4 Å². The van der Waals surface area contributed by atoms with Crippen LogP contribution < -0.4 is 10.5 Å². The molecule has 0 fully saturated rings. The fourth-order valence-corrected chi connectivity index (χ4v) is 2.75. The molecule has 6 heteroatoms. The van der Waals surface area contributed by atoms with Gasteiger partial charge in [0.15, 0.2) is 0 Å². The van der Waals surface area contributed by atoms with E-state index >= 15 is 0 Å². The number of nitrogens with two attached hydrogens (primary N) is 1. The van der Waals surface area contributed by atoms with Gasteiger partial charge >= 0.3 is 0 Å². The van der Waals surface area contributed by atoms with Gasteiger partial charge in [-0.3, -0.25) is 0 Å². The number of anilines is 1. The lowest BCUT2D eigenvalue weighted by atomic mass is 10.2. The molecule has 1 rings (SSSR count). The van der Waals surface area contributed by atoms with Crippen LogP contribution in [-0.2, 0) is 20.5 Å². The van der Waals surface area contributed by atoms with E-state index in [0.717, 1.165) is 0 Å². The molecule has 1 aromatic rings. The minimum atomic E-state index is -3.35. The van der Waals surface area contributed by atoms with E-state index in [0.29, 0.717) is 17.9 Å². The van der Waals surface area contributed by atoms with Crippen molar-refractivity contribution in [1.82, 2.24) is 4.72 Å². The normalized spacial score (nSPS) is 13.4. The molecular weight excluding hydrogens is 252 g/mol. The zero-order valence-corrected chi connectivity index (χ0v) is 11.5. The second-order valence-electron chi connectivity index (χ2n) is 4.12. The lowest BCUT2D eigenvalue weighted by Crippen LogP contribution is -2.33. The number of rotatable bonds is 7. The quantitative estimate of drug-likeness (QED) is 0.729. The van der Waals surface area contributed by atoms with E-state index in [1.54, 1.807) is 24.3 Å². The first-order chi connectivity index (χ1) is 8.43. The van der Waals surface area contributed by atoms with Gasteiger partial charge in [0.05, 0.1) is 11.9 Å². The van der Waals surface area contributed by atoms with E-state index in [-0.39, 0.29) is 18.4 Å². The first-order valence-electron chi connectivity index (χ1n) is 5.86. The molecule has 3 N–H and O–H groups in total. The Morgan fingerprint density at radius 1 is 1.44 bits per heavy atom. The molecular formula is C12H20N2O3S. The van der Waals surface area contributed by atoms with Gasteiger partial charge in [-0.1, -0.05) is 12.1 Å². The Balaban J connectivity index is 2.54. The smallest absolute Gasteiger partial charge is 0.215 e. The van der Waals surface area contributed by atoms with Gasteiger partial charge in [-0.2, -0.15) is 0 Å². The fraction of sp³-hybridized carbons (Fsp3) is 0.500. The number of nitrogens with one attached hydrogen (secondary N) is 1. The molecule has 0 aliphatic carbocycles. The molecule has 1 unspecified atom stereocenters. The van der Waals surface area contributed by atoms with Gasteiger partial charge in [0.25, 0.3) is 0 Å². The molecule has 0 spiro atoms. The standard InChI is InChI=1S/C12H20N2O3S/c1-3-17-10(2)8-14-18(15,16)9-11-5-4-6-12(13)7-11/h4-7,10,14H,3,8-9,13H2,1-2H3. The minimum absolute atomic E-state index is 0.0725. The number of ether oxygens (including phenoxy) is 1. The summed E-state index contributed by atoms with van der Waals surface area (Å²) in [6, 6.07) is 6.86. The third-order valence-electron chi connectivity index (χ3n) is 2.35. The topological polar surface area (TPSA) is 81.4 Å². The van der Waals surface area contributed by atoms with Crippen molar-refractivity contribution in [2.24, 2.45) is 0 Å². The molecule has 0 aromatic heterocycles. The van der Waals surface area contributed by atoms with E-state index in [4.69, 9.17) is 10.5 Å². The summed E-state index contributed by atoms with van der Waals surface area (Å²) < 4.78 is 31.4. The maximum atomic E-state index is 11.8. The summed E-state index contributed by atoms with van der Waals surface area (Å²) in [6.45, 7) is 4.54. The lowest BCUT2D eigenvalue weighted by molar-refractivity contribution is 0.0799. The Hall–Kier alpha value is -1.11. The van der Waals surface area contributed by atoms with Crippen molar-refractivity contribution in [2.45, 2.75) is 25.7 Å². The molecule has 0 saturated heterocycles. The molecule has 102 valence electrons. The molecule has 0 saturated carbocycles. The summed E-state index contributed by atoms with van der Waals surface area (Å²) in [5, 5.41) is 0. The van der Waals surface area contributed by atoms with Crippen molar-refractivity contribution in [2.75, 3.05) is 18.9 Å². The van der Waals surface area contributed by atoms with Crippen molar-refractivity contribution >= 4 is 15.7 Å². The summed E-state index contributed by atoms with van der Waals surface area (Å²) in [4.78, 5) is 0. The SMILES string of the molecule is CCOC(C)CNS(=O)(=O)Cc1cccc(N)c1. The van der Waals surface area contributed by atoms with Crippen LogP contribution in [0, 0.1) is 0 Å². The first kappa shape index (κ1) is 14.9. The second-order valence-corrected chi connectivity index (χ2v) is 5.93. The summed E-state index contributed by atoms with van der Waals surface area (Å²) in [7, 11) is -3.35. The second kappa shape index (κ2) is 6.72. The van der Waals surface area contributed by atoms with Crippen molar-refractivity contribution in [1.29, 1.82) is 0 Å². The van der Waals surface area contributed by atoms with Gasteiger partial charge in [-0.25, -0.2) is 13.1 Å². The van der Waals surface area contributed by atoms with Gasteiger partial charge in [0, 0.05) is 18.8 Å². The zero-order chi connectivity index (χ0) is 13.6. The number of benzene rings is 1. The maximum absolute atomic E-state index is 11.8. The molecule has 0 heterocycles. The van der Waals surface area contributed by atoms with Crippen LogP contribution in [0.15, 0.2) is 24.3 Å². The number of nitrogen functional groups attached to an aromatic ring is 1. The van der Waals surface area contributed by atoms with Crippen molar-refractivity contribution in [3.63, 3.8) is 0 Å². The van der Waals surface area contributed by atoms with Gasteiger partial charge in [0.2, 0.25) is 10.0 Å². The largest absolute Gasteiger partial charge is 0.399 e. The Labute approximate surface area is 108 Å². The van der Waals surface area contributed by atoms with Crippen LogP contribution in [0.25, 0.3) is 0 Å².